The van der Waals surface area contributed by atoms with Crippen LogP contribution < -0.4 is 10.9 Å². The Labute approximate surface area is 163 Å². The third-order valence-electron chi connectivity index (χ3n) is 5.92. The van der Waals surface area contributed by atoms with Crippen molar-refractivity contribution in [2.24, 2.45) is 5.92 Å². The number of hydrogen-bond acceptors (Lipinski definition) is 4. The zero-order chi connectivity index (χ0) is 19.7. The summed E-state index contributed by atoms with van der Waals surface area (Å²) in [5.74, 6) is -0.0850. The van der Waals surface area contributed by atoms with Crippen molar-refractivity contribution < 1.29 is 9.59 Å². The number of aromatic amines is 1. The maximum Gasteiger partial charge on any atom is 0.274 e. The average Bonchev–Trinajstić information content (AvgIpc) is 3.13. The van der Waals surface area contributed by atoms with Crippen LogP contribution in [0.3, 0.4) is 0 Å². The lowest BCUT2D eigenvalue weighted by Gasteiger charge is -2.32. The minimum Gasteiger partial charge on any atom is -0.353 e. The van der Waals surface area contributed by atoms with Gasteiger partial charge in [-0.15, -0.1) is 0 Å². The molecule has 0 spiro atoms. The number of aryl methyl sites for hydroxylation is 1. The molecular weight excluding hydrogens is 358 g/mol. The fraction of sp³-hybridized carbons (Fsp3) is 0.600. The van der Waals surface area contributed by atoms with Crippen LogP contribution in [0.25, 0.3) is 5.52 Å². The number of nitrogens with zero attached hydrogens (tertiary/aromatic N) is 3. The standard InChI is InChI=1S/C20H27N5O3/c1-13-12-25-17(19(27)21-13)11-16(23-25)20(28)24-9-7-14(8-10-24)18(26)22-15-5-3-2-4-6-15/h11-12,14-15H,2-10H2,1H3,(H,21,27)(H,22,26). The highest BCUT2D eigenvalue weighted by Gasteiger charge is 2.30. The second-order valence-electron chi connectivity index (χ2n) is 8.04. The van der Waals surface area contributed by atoms with Crippen molar-refractivity contribution in [1.29, 1.82) is 0 Å². The van der Waals surface area contributed by atoms with E-state index in [1.54, 1.807) is 18.0 Å². The van der Waals surface area contributed by atoms with Crippen molar-refractivity contribution in [2.45, 2.75) is 57.9 Å². The first-order valence-corrected chi connectivity index (χ1v) is 10.2. The molecule has 3 heterocycles. The Morgan fingerprint density at radius 2 is 1.86 bits per heavy atom. The molecule has 1 aliphatic carbocycles. The van der Waals surface area contributed by atoms with Crippen LogP contribution in [0.1, 0.15) is 61.1 Å². The van der Waals surface area contributed by atoms with Gasteiger partial charge in [-0.3, -0.25) is 14.4 Å². The molecule has 8 heteroatoms. The Kier molecular flexibility index (Phi) is 5.19. The lowest BCUT2D eigenvalue weighted by Crippen LogP contribution is -2.45. The van der Waals surface area contributed by atoms with E-state index in [9.17, 15) is 14.4 Å². The number of H-pyrrole nitrogens is 1. The summed E-state index contributed by atoms with van der Waals surface area (Å²) in [4.78, 5) is 41.8. The van der Waals surface area contributed by atoms with E-state index in [1.165, 1.54) is 29.8 Å². The van der Waals surface area contributed by atoms with Gasteiger partial charge in [0.15, 0.2) is 5.69 Å². The molecule has 1 saturated heterocycles. The summed E-state index contributed by atoms with van der Waals surface area (Å²) in [6, 6.07) is 1.85. The third kappa shape index (κ3) is 3.81. The van der Waals surface area contributed by atoms with Crippen LogP contribution in [0.15, 0.2) is 17.1 Å². The molecular formula is C20H27N5O3. The fourth-order valence-electron chi connectivity index (χ4n) is 4.30. The molecule has 8 nitrogen and oxygen atoms in total. The van der Waals surface area contributed by atoms with E-state index in [0.717, 1.165) is 12.8 Å². The van der Waals surface area contributed by atoms with Gasteiger partial charge in [-0.25, -0.2) is 4.52 Å². The van der Waals surface area contributed by atoms with Crippen LogP contribution >= 0.6 is 0 Å². The highest BCUT2D eigenvalue weighted by molar-refractivity contribution is 5.93. The maximum atomic E-state index is 12.8. The molecule has 1 aliphatic heterocycles. The first-order chi connectivity index (χ1) is 13.5. The lowest BCUT2D eigenvalue weighted by atomic mass is 9.92. The van der Waals surface area contributed by atoms with Crippen LogP contribution in [-0.4, -0.2) is 50.4 Å². The number of carbonyl (C=O) groups excluding carboxylic acids is 2. The summed E-state index contributed by atoms with van der Waals surface area (Å²) >= 11 is 0. The number of piperidine rings is 1. The van der Waals surface area contributed by atoms with E-state index >= 15 is 0 Å². The Hall–Kier alpha value is -2.64. The summed E-state index contributed by atoms with van der Waals surface area (Å²) in [6.45, 7) is 2.84. The third-order valence-corrected chi connectivity index (χ3v) is 5.92. The zero-order valence-electron chi connectivity index (χ0n) is 16.2. The van der Waals surface area contributed by atoms with Gasteiger partial charge in [0.1, 0.15) is 5.52 Å². The van der Waals surface area contributed by atoms with Gasteiger partial charge in [0, 0.05) is 43.0 Å². The van der Waals surface area contributed by atoms with E-state index in [0.29, 0.717) is 43.2 Å². The Bertz CT molecular complexity index is 933. The summed E-state index contributed by atoms with van der Waals surface area (Å²) in [5.41, 5.74) is 1.05. The highest BCUT2D eigenvalue weighted by Crippen LogP contribution is 2.22. The SMILES string of the molecule is Cc1cn2nc(C(=O)N3CCC(C(=O)NC4CCCCC4)CC3)cc2c(=O)[nH]1. The second-order valence-corrected chi connectivity index (χ2v) is 8.04. The van der Waals surface area contributed by atoms with Crippen LogP contribution in [0.4, 0.5) is 0 Å². The number of likely N-dealkylation sites (tertiary alicyclic amines) is 1. The molecule has 2 aromatic heterocycles. The predicted molar refractivity (Wildman–Crippen MR) is 104 cm³/mol. The van der Waals surface area contributed by atoms with Gasteiger partial charge in [0.05, 0.1) is 0 Å². The molecule has 0 radical (unpaired) electrons. The summed E-state index contributed by atoms with van der Waals surface area (Å²) < 4.78 is 1.45. The Morgan fingerprint density at radius 1 is 1.14 bits per heavy atom. The first-order valence-electron chi connectivity index (χ1n) is 10.2. The van der Waals surface area contributed by atoms with Gasteiger partial charge in [0.25, 0.3) is 11.5 Å². The molecule has 2 aliphatic rings. The largest absolute Gasteiger partial charge is 0.353 e. The van der Waals surface area contributed by atoms with Crippen molar-refractivity contribution in [2.75, 3.05) is 13.1 Å². The van der Waals surface area contributed by atoms with E-state index in [1.807, 2.05) is 0 Å². The quantitative estimate of drug-likeness (QED) is 0.839. The molecule has 28 heavy (non-hydrogen) atoms. The van der Waals surface area contributed by atoms with Crippen molar-refractivity contribution in [3.05, 3.63) is 34.0 Å². The molecule has 150 valence electrons. The molecule has 0 atom stereocenters. The van der Waals surface area contributed by atoms with Crippen molar-refractivity contribution >= 4 is 17.3 Å². The fourth-order valence-corrected chi connectivity index (χ4v) is 4.30. The summed E-state index contributed by atoms with van der Waals surface area (Å²) in [5, 5.41) is 7.46. The van der Waals surface area contributed by atoms with Crippen LogP contribution in [0, 0.1) is 12.8 Å². The molecule has 0 aromatic carbocycles. The normalized spacial score (nSPS) is 19.1. The van der Waals surface area contributed by atoms with E-state index in [2.05, 4.69) is 15.4 Å². The molecule has 2 N–H and O–H groups in total. The van der Waals surface area contributed by atoms with Crippen LogP contribution in [-0.2, 0) is 4.79 Å². The molecule has 4 rings (SSSR count). The number of aromatic nitrogens is 3. The monoisotopic (exact) mass is 385 g/mol. The highest BCUT2D eigenvalue weighted by atomic mass is 16.2. The number of fused-ring (bicyclic) bond motifs is 1. The van der Waals surface area contributed by atoms with Crippen LogP contribution in [0.5, 0.6) is 0 Å². The summed E-state index contributed by atoms with van der Waals surface area (Å²) in [7, 11) is 0. The van der Waals surface area contributed by atoms with E-state index in [-0.39, 0.29) is 29.0 Å². The Balaban J connectivity index is 1.37. The maximum absolute atomic E-state index is 12.8. The van der Waals surface area contributed by atoms with Crippen molar-refractivity contribution in [3.8, 4) is 0 Å². The second kappa shape index (κ2) is 7.77. The molecule has 0 unspecified atom stereocenters. The van der Waals surface area contributed by atoms with E-state index < -0.39 is 0 Å². The molecule has 2 amide bonds. The minimum absolute atomic E-state index is 0.0301. The number of hydrogen-bond donors (Lipinski definition) is 2. The molecule has 2 aromatic rings. The number of rotatable bonds is 3. The van der Waals surface area contributed by atoms with Crippen molar-refractivity contribution in [3.63, 3.8) is 0 Å². The minimum atomic E-state index is -0.260. The lowest BCUT2D eigenvalue weighted by molar-refractivity contribution is -0.127. The summed E-state index contributed by atoms with van der Waals surface area (Å²) in [6.07, 6.45) is 8.83. The molecule has 1 saturated carbocycles. The van der Waals surface area contributed by atoms with Gasteiger partial charge in [-0.05, 0) is 32.6 Å². The van der Waals surface area contributed by atoms with Gasteiger partial charge >= 0.3 is 0 Å². The van der Waals surface area contributed by atoms with E-state index in [4.69, 9.17) is 0 Å². The van der Waals surface area contributed by atoms with Gasteiger partial charge in [-0.1, -0.05) is 19.3 Å². The van der Waals surface area contributed by atoms with Crippen molar-refractivity contribution in [1.82, 2.24) is 24.8 Å². The van der Waals surface area contributed by atoms with Crippen LogP contribution in [0.2, 0.25) is 0 Å². The molecule has 2 fully saturated rings. The number of carbonyl (C=O) groups is 2. The molecule has 0 bridgehead atoms. The number of amides is 2. The first kappa shape index (κ1) is 18.7. The van der Waals surface area contributed by atoms with Gasteiger partial charge in [-0.2, -0.15) is 5.10 Å². The average molecular weight is 385 g/mol. The predicted octanol–water partition coefficient (Wildman–Crippen LogP) is 1.63. The van der Waals surface area contributed by atoms with Gasteiger partial charge in [0.2, 0.25) is 5.91 Å². The van der Waals surface area contributed by atoms with Gasteiger partial charge < -0.3 is 15.2 Å². The number of nitrogens with one attached hydrogen (secondary N) is 2. The smallest absolute Gasteiger partial charge is 0.274 e. The Morgan fingerprint density at radius 3 is 2.57 bits per heavy atom. The zero-order valence-corrected chi connectivity index (χ0v) is 16.2. The topological polar surface area (TPSA) is 99.6 Å².